The first-order valence-corrected chi connectivity index (χ1v) is 11.7. The van der Waals surface area contributed by atoms with E-state index < -0.39 is 11.8 Å². The summed E-state index contributed by atoms with van der Waals surface area (Å²) in [7, 11) is 0. The highest BCUT2D eigenvalue weighted by Crippen LogP contribution is 2.25. The van der Waals surface area contributed by atoms with E-state index in [4.69, 9.17) is 15.5 Å². The molecule has 1 aliphatic rings. The Balaban J connectivity index is 1.22. The van der Waals surface area contributed by atoms with E-state index in [2.05, 4.69) is 20.2 Å². The Hall–Kier alpha value is -3.43. The van der Waals surface area contributed by atoms with Gasteiger partial charge in [-0.05, 0) is 50.7 Å². The quantitative estimate of drug-likeness (QED) is 0.457. The molecule has 0 aliphatic carbocycles. The van der Waals surface area contributed by atoms with E-state index >= 15 is 0 Å². The molecule has 0 saturated carbocycles. The zero-order valence-electron chi connectivity index (χ0n) is 19.8. The molecule has 4 rings (SSSR count). The molecule has 0 unspecified atom stereocenters. The first-order valence-electron chi connectivity index (χ1n) is 11.7. The predicted molar refractivity (Wildman–Crippen MR) is 129 cm³/mol. The van der Waals surface area contributed by atoms with Crippen molar-refractivity contribution in [3.05, 3.63) is 41.7 Å². The second kappa shape index (κ2) is 10.2. The van der Waals surface area contributed by atoms with Crippen molar-refractivity contribution in [2.75, 3.05) is 30.3 Å². The third-order valence-corrected chi connectivity index (χ3v) is 5.94. The molecule has 0 atom stereocenters. The molecule has 0 radical (unpaired) electrons. The van der Waals surface area contributed by atoms with Gasteiger partial charge in [0.1, 0.15) is 11.2 Å². The summed E-state index contributed by atoms with van der Waals surface area (Å²) in [6, 6.07) is 7.11. The molecule has 9 nitrogen and oxygen atoms in total. The van der Waals surface area contributed by atoms with Gasteiger partial charge in [-0.1, -0.05) is 24.3 Å². The zero-order valence-corrected chi connectivity index (χ0v) is 19.8. The molecule has 1 fully saturated rings. The number of benzene rings is 1. The van der Waals surface area contributed by atoms with Crippen LogP contribution in [0.25, 0.3) is 11.2 Å². The largest absolute Gasteiger partial charge is 0.450 e. The number of imidazole rings is 1. The van der Waals surface area contributed by atoms with Crippen LogP contribution < -0.4 is 16.0 Å². The van der Waals surface area contributed by atoms with Gasteiger partial charge in [-0.2, -0.15) is 9.97 Å². The SMILES string of the molecule is CC(C)(F)c1cccc(CNC(=O)OCCCCn2cnc3c(N)nc(N4CCCC4)nc32)c1. The van der Waals surface area contributed by atoms with E-state index in [-0.39, 0.29) is 6.54 Å². The number of amides is 1. The number of nitrogens with zero attached hydrogens (tertiary/aromatic N) is 5. The second-order valence-corrected chi connectivity index (χ2v) is 9.08. The van der Waals surface area contributed by atoms with Gasteiger partial charge in [0.05, 0.1) is 12.9 Å². The van der Waals surface area contributed by atoms with Crippen molar-refractivity contribution in [3.8, 4) is 0 Å². The molecule has 34 heavy (non-hydrogen) atoms. The number of unbranched alkanes of at least 4 members (excludes halogenated alkanes) is 1. The molecule has 10 heteroatoms. The topological polar surface area (TPSA) is 111 Å². The number of alkyl carbamates (subject to hydrolysis) is 1. The molecule has 182 valence electrons. The van der Waals surface area contributed by atoms with Crippen molar-refractivity contribution >= 4 is 29.0 Å². The summed E-state index contributed by atoms with van der Waals surface area (Å²) in [5.74, 6) is 1.05. The molecule has 1 saturated heterocycles. The van der Waals surface area contributed by atoms with Crippen LogP contribution in [0, 0.1) is 0 Å². The molecule has 0 spiro atoms. The van der Waals surface area contributed by atoms with Crippen LogP contribution in [0.2, 0.25) is 0 Å². The lowest BCUT2D eigenvalue weighted by Gasteiger charge is -2.16. The number of carbonyl (C=O) groups excluding carboxylic acids is 1. The number of carbonyl (C=O) groups is 1. The van der Waals surface area contributed by atoms with Gasteiger partial charge in [0.15, 0.2) is 11.5 Å². The lowest BCUT2D eigenvalue weighted by atomic mass is 9.98. The smallest absolute Gasteiger partial charge is 0.407 e. The predicted octanol–water partition coefficient (Wildman–Crippen LogP) is 3.92. The minimum absolute atomic E-state index is 0.282. The summed E-state index contributed by atoms with van der Waals surface area (Å²) in [4.78, 5) is 27.6. The van der Waals surface area contributed by atoms with Crippen molar-refractivity contribution in [1.29, 1.82) is 0 Å². The molecular weight excluding hydrogens is 437 g/mol. The summed E-state index contributed by atoms with van der Waals surface area (Å²) < 4.78 is 21.3. The Kier molecular flexibility index (Phi) is 7.14. The van der Waals surface area contributed by atoms with Crippen LogP contribution in [0.5, 0.6) is 0 Å². The van der Waals surface area contributed by atoms with Crippen LogP contribution in [0.15, 0.2) is 30.6 Å². The van der Waals surface area contributed by atoms with Gasteiger partial charge in [-0.15, -0.1) is 0 Å². The van der Waals surface area contributed by atoms with Gasteiger partial charge in [0, 0.05) is 26.2 Å². The Labute approximate surface area is 198 Å². The van der Waals surface area contributed by atoms with Gasteiger partial charge in [-0.25, -0.2) is 14.2 Å². The molecule has 1 aromatic carbocycles. The molecule has 1 aliphatic heterocycles. The lowest BCUT2D eigenvalue weighted by molar-refractivity contribution is 0.143. The fourth-order valence-electron chi connectivity index (χ4n) is 4.00. The number of anilines is 2. The number of hydrogen-bond acceptors (Lipinski definition) is 7. The number of nitrogen functional groups attached to an aromatic ring is 1. The number of ether oxygens (including phenoxy) is 1. The summed E-state index contributed by atoms with van der Waals surface area (Å²) in [5.41, 5.74) is 7.42. The molecule has 3 aromatic rings. The van der Waals surface area contributed by atoms with Crippen LogP contribution >= 0.6 is 0 Å². The number of fused-ring (bicyclic) bond motifs is 1. The molecule has 2 aromatic heterocycles. The average Bonchev–Trinajstić information content (AvgIpc) is 3.48. The first kappa shape index (κ1) is 23.7. The van der Waals surface area contributed by atoms with Gasteiger partial charge < -0.3 is 25.3 Å². The zero-order chi connectivity index (χ0) is 24.1. The van der Waals surface area contributed by atoms with Crippen LogP contribution in [0.4, 0.5) is 21.0 Å². The van der Waals surface area contributed by atoms with E-state index in [1.54, 1.807) is 24.5 Å². The van der Waals surface area contributed by atoms with Crippen LogP contribution in [-0.4, -0.2) is 45.3 Å². The highest BCUT2D eigenvalue weighted by atomic mass is 19.1. The number of rotatable bonds is 9. The maximum absolute atomic E-state index is 14.1. The van der Waals surface area contributed by atoms with E-state index in [1.165, 1.54) is 13.8 Å². The van der Waals surface area contributed by atoms with Gasteiger partial charge >= 0.3 is 6.09 Å². The average molecular weight is 470 g/mol. The fourth-order valence-corrected chi connectivity index (χ4v) is 4.00. The third kappa shape index (κ3) is 5.73. The van der Waals surface area contributed by atoms with Crippen LogP contribution in [0.1, 0.15) is 50.7 Å². The summed E-state index contributed by atoms with van der Waals surface area (Å²) in [6.07, 6.45) is 4.98. The Morgan fingerprint density at radius 3 is 2.79 bits per heavy atom. The number of alkyl halides is 1. The standard InChI is InChI=1S/C24H32FN7O2/c1-24(2,25)18-9-7-8-17(14-18)15-27-23(33)34-13-6-5-12-32-16-28-19-20(26)29-22(30-21(19)32)31-10-3-4-11-31/h7-9,14,16H,3-6,10-13,15H2,1-2H3,(H,27,33)(H2,26,29,30). The van der Waals surface area contributed by atoms with Gasteiger partial charge in [0.25, 0.3) is 0 Å². The summed E-state index contributed by atoms with van der Waals surface area (Å²) in [5, 5.41) is 2.71. The van der Waals surface area contributed by atoms with E-state index in [0.29, 0.717) is 42.4 Å². The second-order valence-electron chi connectivity index (χ2n) is 9.08. The van der Waals surface area contributed by atoms with Crippen molar-refractivity contribution in [3.63, 3.8) is 0 Å². The Bertz CT molecular complexity index is 1140. The molecular formula is C24H32FN7O2. The highest BCUT2D eigenvalue weighted by molar-refractivity contribution is 5.83. The van der Waals surface area contributed by atoms with Crippen molar-refractivity contribution in [2.24, 2.45) is 0 Å². The van der Waals surface area contributed by atoms with Crippen molar-refractivity contribution in [2.45, 2.75) is 58.3 Å². The van der Waals surface area contributed by atoms with Crippen LogP contribution in [0.3, 0.4) is 0 Å². The number of aryl methyl sites for hydroxylation is 1. The number of nitrogens with two attached hydrogens (primary N) is 1. The molecule has 1 amide bonds. The fraction of sp³-hybridized carbons (Fsp3) is 0.500. The van der Waals surface area contributed by atoms with Crippen LogP contribution in [-0.2, 0) is 23.5 Å². The molecule has 3 heterocycles. The van der Waals surface area contributed by atoms with E-state index in [0.717, 1.165) is 43.6 Å². The normalized spacial score (nSPS) is 14.0. The number of nitrogens with one attached hydrogen (secondary N) is 1. The van der Waals surface area contributed by atoms with E-state index in [1.807, 2.05) is 10.6 Å². The van der Waals surface area contributed by atoms with Crippen molar-refractivity contribution < 1.29 is 13.9 Å². The van der Waals surface area contributed by atoms with Crippen molar-refractivity contribution in [1.82, 2.24) is 24.8 Å². The Morgan fingerprint density at radius 2 is 2.03 bits per heavy atom. The molecule has 3 N–H and O–H groups in total. The van der Waals surface area contributed by atoms with E-state index in [9.17, 15) is 9.18 Å². The highest BCUT2D eigenvalue weighted by Gasteiger charge is 2.19. The molecule has 0 bridgehead atoms. The maximum Gasteiger partial charge on any atom is 0.407 e. The third-order valence-electron chi connectivity index (χ3n) is 5.94. The minimum atomic E-state index is -1.43. The van der Waals surface area contributed by atoms with Gasteiger partial charge in [0.2, 0.25) is 5.95 Å². The summed E-state index contributed by atoms with van der Waals surface area (Å²) >= 11 is 0. The first-order chi connectivity index (χ1) is 16.3. The maximum atomic E-state index is 14.1. The summed E-state index contributed by atoms with van der Waals surface area (Å²) in [6.45, 7) is 6.17. The minimum Gasteiger partial charge on any atom is -0.450 e. The van der Waals surface area contributed by atoms with Gasteiger partial charge in [-0.3, -0.25) is 0 Å². The monoisotopic (exact) mass is 469 g/mol. The number of halogens is 1. The number of hydrogen-bond donors (Lipinski definition) is 2. The number of aromatic nitrogens is 4. The lowest BCUT2D eigenvalue weighted by Crippen LogP contribution is -2.24. The Morgan fingerprint density at radius 1 is 1.24 bits per heavy atom.